The lowest BCUT2D eigenvalue weighted by molar-refractivity contribution is -0.115. The molecule has 0 saturated carbocycles. The Bertz CT molecular complexity index is 671. The van der Waals surface area contributed by atoms with Crippen LogP contribution in [0.5, 0.6) is 0 Å². The molecule has 0 spiro atoms. The number of anilines is 1. The van der Waals surface area contributed by atoms with E-state index in [2.05, 4.69) is 15.5 Å². The summed E-state index contributed by atoms with van der Waals surface area (Å²) in [6.45, 7) is 7.87. The fourth-order valence-corrected chi connectivity index (χ4v) is 2.97. The molecule has 7 heteroatoms. The summed E-state index contributed by atoms with van der Waals surface area (Å²) in [6.07, 6.45) is 1.68. The Morgan fingerprint density at radius 1 is 1.36 bits per heavy atom. The lowest BCUT2D eigenvalue weighted by atomic mass is 10.2. The van der Waals surface area contributed by atoms with Crippen molar-refractivity contribution in [1.29, 1.82) is 0 Å². The highest BCUT2D eigenvalue weighted by Gasteiger charge is 2.19. The van der Waals surface area contributed by atoms with Gasteiger partial charge in [-0.05, 0) is 45.4 Å². The van der Waals surface area contributed by atoms with E-state index in [0.717, 1.165) is 16.4 Å². The third kappa shape index (κ3) is 4.01. The van der Waals surface area contributed by atoms with Gasteiger partial charge in [-0.1, -0.05) is 29.4 Å². The van der Waals surface area contributed by atoms with Crippen LogP contribution < -0.4 is 5.32 Å². The summed E-state index contributed by atoms with van der Waals surface area (Å²) >= 11 is 7.36. The van der Waals surface area contributed by atoms with Crippen LogP contribution >= 0.6 is 23.4 Å². The number of nitrogens with zero attached hydrogens (tertiary/aromatic N) is 3. The molecule has 0 fully saturated rings. The van der Waals surface area contributed by atoms with E-state index in [1.807, 2.05) is 38.3 Å². The van der Waals surface area contributed by atoms with Crippen molar-refractivity contribution in [3.8, 4) is 0 Å². The SMILES string of the molecule is Cc1ccc(Cl)cc1NC(=O)[C@H](C)Sc1nncn1C(C)C. The van der Waals surface area contributed by atoms with Crippen molar-refractivity contribution in [3.05, 3.63) is 35.1 Å². The standard InChI is InChI=1S/C15H19ClN4OS/c1-9(2)20-8-17-19-15(20)22-11(4)14(21)18-13-7-12(16)6-5-10(13)3/h5-9,11H,1-4H3,(H,18,21)/t11-/m0/s1. The number of amides is 1. The van der Waals surface area contributed by atoms with Gasteiger partial charge in [0.15, 0.2) is 5.16 Å². The molecular weight excluding hydrogens is 320 g/mol. The quantitative estimate of drug-likeness (QED) is 0.839. The van der Waals surface area contributed by atoms with Crippen molar-refractivity contribution >= 4 is 35.0 Å². The topological polar surface area (TPSA) is 59.8 Å². The van der Waals surface area contributed by atoms with Crippen LogP contribution in [0, 0.1) is 6.92 Å². The van der Waals surface area contributed by atoms with Gasteiger partial charge in [0.2, 0.25) is 5.91 Å². The molecule has 2 aromatic rings. The van der Waals surface area contributed by atoms with Gasteiger partial charge in [0.05, 0.1) is 5.25 Å². The van der Waals surface area contributed by atoms with E-state index in [1.54, 1.807) is 18.5 Å². The van der Waals surface area contributed by atoms with Gasteiger partial charge in [-0.25, -0.2) is 0 Å². The average molecular weight is 339 g/mol. The second-order valence-corrected chi connectivity index (χ2v) is 7.07. The predicted molar refractivity (Wildman–Crippen MR) is 90.5 cm³/mol. The van der Waals surface area contributed by atoms with Crippen molar-refractivity contribution in [3.63, 3.8) is 0 Å². The van der Waals surface area contributed by atoms with E-state index in [4.69, 9.17) is 11.6 Å². The highest BCUT2D eigenvalue weighted by atomic mass is 35.5. The number of hydrogen-bond acceptors (Lipinski definition) is 4. The number of aryl methyl sites for hydroxylation is 1. The number of nitrogens with one attached hydrogen (secondary N) is 1. The Labute approximate surface area is 139 Å². The molecule has 0 aliphatic carbocycles. The summed E-state index contributed by atoms with van der Waals surface area (Å²) in [5, 5.41) is 11.9. The fraction of sp³-hybridized carbons (Fsp3) is 0.400. The molecule has 1 N–H and O–H groups in total. The van der Waals surface area contributed by atoms with Crippen LogP contribution in [0.4, 0.5) is 5.69 Å². The van der Waals surface area contributed by atoms with Gasteiger partial charge in [-0.3, -0.25) is 4.79 Å². The van der Waals surface area contributed by atoms with Gasteiger partial charge < -0.3 is 9.88 Å². The van der Waals surface area contributed by atoms with E-state index in [9.17, 15) is 4.79 Å². The number of thioether (sulfide) groups is 1. The van der Waals surface area contributed by atoms with Gasteiger partial charge in [0.25, 0.3) is 0 Å². The molecule has 1 aromatic carbocycles. The summed E-state index contributed by atoms with van der Waals surface area (Å²) < 4.78 is 1.94. The number of halogens is 1. The molecule has 22 heavy (non-hydrogen) atoms. The minimum absolute atomic E-state index is 0.0892. The molecule has 0 saturated heterocycles. The number of benzene rings is 1. The Hall–Kier alpha value is -1.53. The first-order chi connectivity index (χ1) is 10.4. The molecule has 1 heterocycles. The van der Waals surface area contributed by atoms with Crippen LogP contribution in [0.15, 0.2) is 29.7 Å². The zero-order chi connectivity index (χ0) is 16.3. The van der Waals surface area contributed by atoms with E-state index in [1.165, 1.54) is 11.8 Å². The summed E-state index contributed by atoms with van der Waals surface area (Å²) in [7, 11) is 0. The predicted octanol–water partition coefficient (Wildman–Crippen LogP) is 3.94. The first-order valence-electron chi connectivity index (χ1n) is 7.01. The van der Waals surface area contributed by atoms with Gasteiger partial charge in [0.1, 0.15) is 6.33 Å². The zero-order valence-electron chi connectivity index (χ0n) is 13.0. The summed E-state index contributed by atoms with van der Waals surface area (Å²) in [4.78, 5) is 12.4. The second kappa shape index (κ2) is 7.15. The molecule has 1 aromatic heterocycles. The van der Waals surface area contributed by atoms with Crippen molar-refractivity contribution in [1.82, 2.24) is 14.8 Å². The Morgan fingerprint density at radius 2 is 2.09 bits per heavy atom. The van der Waals surface area contributed by atoms with E-state index < -0.39 is 0 Å². The maximum atomic E-state index is 12.4. The summed E-state index contributed by atoms with van der Waals surface area (Å²) in [5.41, 5.74) is 1.70. The molecule has 0 aliphatic rings. The van der Waals surface area contributed by atoms with Crippen LogP contribution in [0.25, 0.3) is 0 Å². The minimum atomic E-state index is -0.292. The van der Waals surface area contributed by atoms with Gasteiger partial charge in [-0.15, -0.1) is 10.2 Å². The number of rotatable bonds is 5. The van der Waals surface area contributed by atoms with E-state index in [0.29, 0.717) is 5.02 Å². The lowest BCUT2D eigenvalue weighted by Gasteiger charge is -2.15. The number of carbonyl (C=O) groups excluding carboxylic acids is 1. The first kappa shape index (κ1) is 16.8. The highest BCUT2D eigenvalue weighted by molar-refractivity contribution is 8.00. The Morgan fingerprint density at radius 3 is 2.77 bits per heavy atom. The molecule has 2 rings (SSSR count). The van der Waals surface area contributed by atoms with Crippen molar-refractivity contribution < 1.29 is 4.79 Å². The van der Waals surface area contributed by atoms with Crippen LogP contribution in [0.2, 0.25) is 5.02 Å². The summed E-state index contributed by atoms with van der Waals surface area (Å²) in [5.74, 6) is -0.0892. The average Bonchev–Trinajstić information content (AvgIpc) is 2.91. The molecule has 1 amide bonds. The molecular formula is C15H19ClN4OS. The molecule has 0 unspecified atom stereocenters. The third-order valence-corrected chi connectivity index (χ3v) is 4.51. The Balaban J connectivity index is 2.06. The maximum Gasteiger partial charge on any atom is 0.237 e. The van der Waals surface area contributed by atoms with Crippen molar-refractivity contribution in [2.45, 2.75) is 44.1 Å². The molecule has 1 atom stereocenters. The molecule has 118 valence electrons. The number of aromatic nitrogens is 3. The van der Waals surface area contributed by atoms with Crippen molar-refractivity contribution in [2.75, 3.05) is 5.32 Å². The third-order valence-electron chi connectivity index (χ3n) is 3.21. The highest BCUT2D eigenvalue weighted by Crippen LogP contribution is 2.26. The normalized spacial score (nSPS) is 12.5. The molecule has 5 nitrogen and oxygen atoms in total. The molecule has 0 bridgehead atoms. The number of hydrogen-bond donors (Lipinski definition) is 1. The largest absolute Gasteiger partial charge is 0.325 e. The Kier molecular flexibility index (Phi) is 5.47. The lowest BCUT2D eigenvalue weighted by Crippen LogP contribution is -2.23. The summed E-state index contributed by atoms with van der Waals surface area (Å²) in [6, 6.07) is 5.69. The van der Waals surface area contributed by atoms with E-state index in [-0.39, 0.29) is 17.2 Å². The van der Waals surface area contributed by atoms with Gasteiger partial charge >= 0.3 is 0 Å². The maximum absolute atomic E-state index is 12.4. The van der Waals surface area contributed by atoms with Crippen LogP contribution in [0.1, 0.15) is 32.4 Å². The van der Waals surface area contributed by atoms with Crippen LogP contribution in [0.3, 0.4) is 0 Å². The van der Waals surface area contributed by atoms with Gasteiger partial charge in [0, 0.05) is 16.8 Å². The number of carbonyl (C=O) groups is 1. The second-order valence-electron chi connectivity index (χ2n) is 5.32. The zero-order valence-corrected chi connectivity index (χ0v) is 14.6. The smallest absolute Gasteiger partial charge is 0.237 e. The van der Waals surface area contributed by atoms with Crippen molar-refractivity contribution in [2.24, 2.45) is 0 Å². The van der Waals surface area contributed by atoms with Crippen LogP contribution in [-0.4, -0.2) is 25.9 Å². The van der Waals surface area contributed by atoms with Crippen LogP contribution in [-0.2, 0) is 4.79 Å². The molecule has 0 aliphatic heterocycles. The first-order valence-corrected chi connectivity index (χ1v) is 8.27. The minimum Gasteiger partial charge on any atom is -0.325 e. The molecule has 0 radical (unpaired) electrons. The van der Waals surface area contributed by atoms with E-state index >= 15 is 0 Å². The monoisotopic (exact) mass is 338 g/mol. The fourth-order valence-electron chi connectivity index (χ4n) is 1.85. The van der Waals surface area contributed by atoms with Gasteiger partial charge in [-0.2, -0.15) is 0 Å².